The third kappa shape index (κ3) is 2.70. The standard InChI is InChI=1S/C14H22O3/c1-2-17-13(16)11-6-9-14(10-12(11)15)7-4-3-5-8-14/h11H,2-10H2,1H3. The summed E-state index contributed by atoms with van der Waals surface area (Å²) in [5.74, 6) is -0.651. The third-order valence-corrected chi connectivity index (χ3v) is 4.39. The van der Waals surface area contributed by atoms with E-state index >= 15 is 0 Å². The molecular formula is C14H22O3. The van der Waals surface area contributed by atoms with Crippen LogP contribution in [0.4, 0.5) is 0 Å². The van der Waals surface area contributed by atoms with Crippen molar-refractivity contribution in [1.29, 1.82) is 0 Å². The molecule has 0 N–H and O–H groups in total. The highest BCUT2D eigenvalue weighted by molar-refractivity contribution is 5.99. The predicted octanol–water partition coefficient (Wildman–Crippen LogP) is 2.87. The van der Waals surface area contributed by atoms with Gasteiger partial charge in [-0.1, -0.05) is 19.3 Å². The lowest BCUT2D eigenvalue weighted by Gasteiger charge is -2.41. The van der Waals surface area contributed by atoms with Crippen LogP contribution < -0.4 is 0 Å². The number of carbonyl (C=O) groups is 2. The maximum Gasteiger partial charge on any atom is 0.316 e. The van der Waals surface area contributed by atoms with Gasteiger partial charge in [-0.05, 0) is 38.0 Å². The van der Waals surface area contributed by atoms with Gasteiger partial charge in [0.2, 0.25) is 0 Å². The highest BCUT2D eigenvalue weighted by atomic mass is 16.5. The van der Waals surface area contributed by atoms with E-state index < -0.39 is 5.92 Å². The van der Waals surface area contributed by atoms with E-state index in [1.807, 2.05) is 0 Å². The smallest absolute Gasteiger partial charge is 0.316 e. The largest absolute Gasteiger partial charge is 0.465 e. The van der Waals surface area contributed by atoms with Crippen molar-refractivity contribution >= 4 is 11.8 Å². The Bertz CT molecular complexity index is 303. The number of rotatable bonds is 2. The molecule has 3 nitrogen and oxygen atoms in total. The molecule has 0 saturated heterocycles. The maximum absolute atomic E-state index is 12.1. The molecule has 96 valence electrons. The second kappa shape index (κ2) is 5.19. The fourth-order valence-corrected chi connectivity index (χ4v) is 3.41. The Morgan fingerprint density at radius 2 is 2.00 bits per heavy atom. The molecule has 0 aromatic carbocycles. The summed E-state index contributed by atoms with van der Waals surface area (Å²) in [7, 11) is 0. The van der Waals surface area contributed by atoms with Crippen LogP contribution in [0.1, 0.15) is 58.3 Å². The summed E-state index contributed by atoms with van der Waals surface area (Å²) in [6.07, 6.45) is 8.49. The Labute approximate surface area is 103 Å². The van der Waals surface area contributed by atoms with Crippen molar-refractivity contribution < 1.29 is 14.3 Å². The molecule has 2 rings (SSSR count). The first-order chi connectivity index (χ1) is 8.17. The van der Waals surface area contributed by atoms with Crippen molar-refractivity contribution in [3.8, 4) is 0 Å². The van der Waals surface area contributed by atoms with Crippen molar-refractivity contribution in [2.24, 2.45) is 11.3 Å². The summed E-state index contributed by atoms with van der Waals surface area (Å²) in [5.41, 5.74) is 0.234. The molecule has 0 bridgehead atoms. The molecular weight excluding hydrogens is 216 g/mol. The lowest BCUT2D eigenvalue weighted by atomic mass is 9.63. The molecule has 0 aromatic rings. The number of Topliss-reactive ketones (excluding diaryl/α,β-unsaturated/α-hetero) is 1. The van der Waals surface area contributed by atoms with Crippen LogP contribution in [0.25, 0.3) is 0 Å². The summed E-state index contributed by atoms with van der Waals surface area (Å²) in [5, 5.41) is 0. The van der Waals surface area contributed by atoms with Crippen molar-refractivity contribution in [3.05, 3.63) is 0 Å². The van der Waals surface area contributed by atoms with Crippen molar-refractivity contribution in [3.63, 3.8) is 0 Å². The molecule has 0 aromatic heterocycles. The normalized spacial score (nSPS) is 28.1. The number of carbonyl (C=O) groups excluding carboxylic acids is 2. The molecule has 1 atom stereocenters. The van der Waals surface area contributed by atoms with Crippen LogP contribution in [0, 0.1) is 11.3 Å². The topological polar surface area (TPSA) is 43.4 Å². The van der Waals surface area contributed by atoms with Gasteiger partial charge in [-0.15, -0.1) is 0 Å². The van der Waals surface area contributed by atoms with Crippen LogP contribution in [0.15, 0.2) is 0 Å². The summed E-state index contributed by atoms with van der Waals surface area (Å²) in [6.45, 7) is 2.15. The molecule has 0 amide bonds. The zero-order valence-corrected chi connectivity index (χ0v) is 10.7. The molecule has 17 heavy (non-hydrogen) atoms. The van der Waals surface area contributed by atoms with Gasteiger partial charge in [-0.25, -0.2) is 0 Å². The molecule has 1 spiro atoms. The number of ether oxygens (including phenoxy) is 1. The first kappa shape index (κ1) is 12.6. The van der Waals surface area contributed by atoms with Crippen molar-refractivity contribution in [2.45, 2.75) is 58.3 Å². The van der Waals surface area contributed by atoms with Crippen LogP contribution in [-0.4, -0.2) is 18.4 Å². The number of hydrogen-bond donors (Lipinski definition) is 0. The third-order valence-electron chi connectivity index (χ3n) is 4.39. The van der Waals surface area contributed by atoms with Gasteiger partial charge >= 0.3 is 5.97 Å². The Morgan fingerprint density at radius 3 is 2.59 bits per heavy atom. The molecule has 2 fully saturated rings. The van der Waals surface area contributed by atoms with Gasteiger partial charge in [0.25, 0.3) is 0 Å². The fourth-order valence-electron chi connectivity index (χ4n) is 3.41. The maximum atomic E-state index is 12.1. The molecule has 3 heteroatoms. The molecule has 2 saturated carbocycles. The van der Waals surface area contributed by atoms with Crippen molar-refractivity contribution in [2.75, 3.05) is 6.61 Å². The Hall–Kier alpha value is -0.860. The molecule has 1 unspecified atom stereocenters. The van der Waals surface area contributed by atoms with Gasteiger partial charge in [-0.3, -0.25) is 9.59 Å². The zero-order chi connectivity index (χ0) is 12.3. The highest BCUT2D eigenvalue weighted by Gasteiger charge is 2.43. The van der Waals surface area contributed by atoms with Crippen LogP contribution in [0.2, 0.25) is 0 Å². The van der Waals surface area contributed by atoms with E-state index in [4.69, 9.17) is 4.74 Å². The van der Waals surface area contributed by atoms with E-state index in [0.717, 1.165) is 6.42 Å². The molecule has 0 heterocycles. The van der Waals surface area contributed by atoms with E-state index in [2.05, 4.69) is 0 Å². The first-order valence-corrected chi connectivity index (χ1v) is 6.86. The average molecular weight is 238 g/mol. The number of esters is 1. The Morgan fingerprint density at radius 1 is 1.29 bits per heavy atom. The van der Waals surface area contributed by atoms with Gasteiger partial charge in [0.1, 0.15) is 11.7 Å². The number of hydrogen-bond acceptors (Lipinski definition) is 3. The van der Waals surface area contributed by atoms with Crippen molar-refractivity contribution in [1.82, 2.24) is 0 Å². The predicted molar refractivity (Wildman–Crippen MR) is 64.5 cm³/mol. The van der Waals surface area contributed by atoms with Gasteiger partial charge in [0, 0.05) is 6.42 Å². The van der Waals surface area contributed by atoms with E-state index in [-0.39, 0.29) is 17.2 Å². The first-order valence-electron chi connectivity index (χ1n) is 6.86. The lowest BCUT2D eigenvalue weighted by Crippen LogP contribution is -2.39. The second-order valence-electron chi connectivity index (χ2n) is 5.55. The Balaban J connectivity index is 1.97. The minimum atomic E-state index is -0.470. The van der Waals surface area contributed by atoms with Crippen LogP contribution in [0.3, 0.4) is 0 Å². The van der Waals surface area contributed by atoms with Gasteiger partial charge < -0.3 is 4.74 Å². The van der Waals surface area contributed by atoms with Crippen LogP contribution >= 0.6 is 0 Å². The quantitative estimate of drug-likeness (QED) is 0.549. The minimum absolute atomic E-state index is 0.122. The van der Waals surface area contributed by atoms with E-state index in [1.54, 1.807) is 6.92 Å². The number of ketones is 1. The monoisotopic (exact) mass is 238 g/mol. The van der Waals surface area contributed by atoms with E-state index in [1.165, 1.54) is 32.1 Å². The van der Waals surface area contributed by atoms with Crippen LogP contribution in [0.5, 0.6) is 0 Å². The Kier molecular flexibility index (Phi) is 3.85. The minimum Gasteiger partial charge on any atom is -0.465 e. The zero-order valence-electron chi connectivity index (χ0n) is 10.7. The van der Waals surface area contributed by atoms with E-state index in [9.17, 15) is 9.59 Å². The molecule has 2 aliphatic carbocycles. The average Bonchev–Trinajstić information content (AvgIpc) is 2.30. The van der Waals surface area contributed by atoms with E-state index in [0.29, 0.717) is 19.4 Å². The fraction of sp³-hybridized carbons (Fsp3) is 0.857. The molecule has 2 aliphatic rings. The van der Waals surface area contributed by atoms with Gasteiger partial charge in [-0.2, -0.15) is 0 Å². The molecule has 0 radical (unpaired) electrons. The molecule has 0 aliphatic heterocycles. The lowest BCUT2D eigenvalue weighted by molar-refractivity contribution is -0.154. The van der Waals surface area contributed by atoms with Crippen LogP contribution in [-0.2, 0) is 14.3 Å². The summed E-state index contributed by atoms with van der Waals surface area (Å²) in [4.78, 5) is 23.7. The SMILES string of the molecule is CCOC(=O)C1CCC2(CCCCC2)CC1=O. The summed E-state index contributed by atoms with van der Waals surface area (Å²) in [6, 6.07) is 0. The second-order valence-corrected chi connectivity index (χ2v) is 5.55. The summed E-state index contributed by atoms with van der Waals surface area (Å²) < 4.78 is 4.97. The summed E-state index contributed by atoms with van der Waals surface area (Å²) >= 11 is 0. The van der Waals surface area contributed by atoms with Gasteiger partial charge in [0.05, 0.1) is 6.61 Å². The van der Waals surface area contributed by atoms with Gasteiger partial charge in [0.15, 0.2) is 0 Å². The highest BCUT2D eigenvalue weighted by Crippen LogP contribution is 2.47.